The molecule has 0 saturated heterocycles. The second-order valence-corrected chi connectivity index (χ2v) is 6.12. The number of nitrogens with one attached hydrogen (secondary N) is 1. The maximum atomic E-state index is 10.9. The summed E-state index contributed by atoms with van der Waals surface area (Å²) in [6, 6.07) is 7.17. The minimum Gasteiger partial charge on any atom is -0.381 e. The van der Waals surface area contributed by atoms with Crippen LogP contribution in [0.2, 0.25) is 0 Å². The van der Waals surface area contributed by atoms with Crippen LogP contribution in [0.1, 0.15) is 39.0 Å². The van der Waals surface area contributed by atoms with E-state index in [1.165, 1.54) is 31.7 Å². The molecule has 3 rings (SSSR count). The van der Waals surface area contributed by atoms with E-state index in [-0.39, 0.29) is 16.0 Å². The highest BCUT2D eigenvalue weighted by Gasteiger charge is 2.56. The van der Waals surface area contributed by atoms with Crippen LogP contribution in [0.4, 0.5) is 11.4 Å². The number of ether oxygens (including phenoxy) is 1. The van der Waals surface area contributed by atoms with Crippen LogP contribution in [-0.2, 0) is 4.74 Å². The van der Waals surface area contributed by atoms with Gasteiger partial charge in [-0.2, -0.15) is 0 Å². The van der Waals surface area contributed by atoms with Crippen LogP contribution in [0.3, 0.4) is 0 Å². The average Bonchev–Trinajstić information content (AvgIpc) is 2.99. The molecular formula is C16H22N2O3. The molecule has 2 atom stereocenters. The van der Waals surface area contributed by atoms with E-state index in [1.807, 2.05) is 13.0 Å². The van der Waals surface area contributed by atoms with Crippen molar-refractivity contribution in [1.29, 1.82) is 0 Å². The monoisotopic (exact) mass is 290 g/mol. The lowest BCUT2D eigenvalue weighted by molar-refractivity contribution is -0.384. The number of rotatable bonds is 5. The minimum absolute atomic E-state index is 0.140. The topological polar surface area (TPSA) is 64.4 Å². The van der Waals surface area contributed by atoms with Crippen LogP contribution >= 0.6 is 0 Å². The average molecular weight is 290 g/mol. The third kappa shape index (κ3) is 2.50. The molecule has 1 N–H and O–H groups in total. The van der Waals surface area contributed by atoms with Crippen molar-refractivity contribution in [3.8, 4) is 0 Å². The van der Waals surface area contributed by atoms with Crippen molar-refractivity contribution in [3.63, 3.8) is 0 Å². The lowest BCUT2D eigenvalue weighted by Gasteiger charge is -2.54. The first-order valence-corrected chi connectivity index (χ1v) is 7.78. The SMILES string of the molecule is CCOC1CC(Nc2cccc([N+](=O)[O-])c2)C12CCCC2. The summed E-state index contributed by atoms with van der Waals surface area (Å²) >= 11 is 0. The Labute approximate surface area is 124 Å². The van der Waals surface area contributed by atoms with Gasteiger partial charge in [0.1, 0.15) is 0 Å². The maximum Gasteiger partial charge on any atom is 0.271 e. The first-order chi connectivity index (χ1) is 10.2. The number of nitro groups is 1. The molecule has 114 valence electrons. The van der Waals surface area contributed by atoms with Crippen LogP contribution in [-0.4, -0.2) is 23.7 Å². The number of hydrogen-bond acceptors (Lipinski definition) is 4. The zero-order valence-electron chi connectivity index (χ0n) is 12.4. The van der Waals surface area contributed by atoms with Crippen molar-refractivity contribution in [1.82, 2.24) is 0 Å². The molecule has 2 aliphatic carbocycles. The van der Waals surface area contributed by atoms with Gasteiger partial charge in [0.25, 0.3) is 5.69 Å². The van der Waals surface area contributed by atoms with E-state index in [0.717, 1.165) is 18.7 Å². The standard InChI is InChI=1S/C16H22N2O3/c1-2-21-15-11-14(16(15)8-3-4-9-16)17-12-6-5-7-13(10-12)18(19)20/h5-7,10,14-15,17H,2-4,8-9,11H2,1H3. The highest BCUT2D eigenvalue weighted by molar-refractivity contribution is 5.52. The molecule has 1 aromatic carbocycles. The summed E-state index contributed by atoms with van der Waals surface area (Å²) in [6.45, 7) is 2.81. The van der Waals surface area contributed by atoms with Gasteiger partial charge < -0.3 is 10.1 Å². The summed E-state index contributed by atoms with van der Waals surface area (Å²) in [7, 11) is 0. The molecule has 1 spiro atoms. The second-order valence-electron chi connectivity index (χ2n) is 6.12. The zero-order chi connectivity index (χ0) is 14.9. The molecule has 2 saturated carbocycles. The molecule has 21 heavy (non-hydrogen) atoms. The van der Waals surface area contributed by atoms with Crippen molar-refractivity contribution >= 4 is 11.4 Å². The number of nitrogens with zero attached hydrogens (tertiary/aromatic N) is 1. The molecule has 0 radical (unpaired) electrons. The minimum atomic E-state index is -0.347. The van der Waals surface area contributed by atoms with Crippen molar-refractivity contribution in [2.24, 2.45) is 5.41 Å². The highest BCUT2D eigenvalue weighted by Crippen LogP contribution is 2.55. The van der Waals surface area contributed by atoms with Gasteiger partial charge in [-0.15, -0.1) is 0 Å². The molecule has 0 heterocycles. The molecule has 5 nitrogen and oxygen atoms in total. The van der Waals surface area contributed by atoms with Crippen LogP contribution < -0.4 is 5.32 Å². The second kappa shape index (κ2) is 5.64. The largest absolute Gasteiger partial charge is 0.381 e. The molecule has 5 heteroatoms. The molecule has 0 amide bonds. The van der Waals surface area contributed by atoms with Gasteiger partial charge >= 0.3 is 0 Å². The Balaban J connectivity index is 1.73. The van der Waals surface area contributed by atoms with Gasteiger partial charge in [-0.3, -0.25) is 10.1 Å². The fourth-order valence-corrected chi connectivity index (χ4v) is 4.00. The fraction of sp³-hybridized carbons (Fsp3) is 0.625. The van der Waals surface area contributed by atoms with Crippen LogP contribution in [0, 0.1) is 15.5 Å². The van der Waals surface area contributed by atoms with Crippen LogP contribution in [0.15, 0.2) is 24.3 Å². The number of benzene rings is 1. The van der Waals surface area contributed by atoms with E-state index in [2.05, 4.69) is 5.32 Å². The van der Waals surface area contributed by atoms with Gasteiger partial charge in [0.15, 0.2) is 0 Å². The summed E-state index contributed by atoms with van der Waals surface area (Å²) < 4.78 is 5.90. The molecule has 0 aromatic heterocycles. The van der Waals surface area contributed by atoms with Crippen molar-refractivity contribution in [2.45, 2.75) is 51.2 Å². The van der Waals surface area contributed by atoms with Crippen molar-refractivity contribution < 1.29 is 9.66 Å². The Morgan fingerprint density at radius 2 is 2.19 bits per heavy atom. The first kappa shape index (κ1) is 14.3. The van der Waals surface area contributed by atoms with Gasteiger partial charge in [0.2, 0.25) is 0 Å². The first-order valence-electron chi connectivity index (χ1n) is 7.78. The zero-order valence-corrected chi connectivity index (χ0v) is 12.4. The smallest absolute Gasteiger partial charge is 0.271 e. The van der Waals surface area contributed by atoms with Crippen molar-refractivity contribution in [2.75, 3.05) is 11.9 Å². The highest BCUT2D eigenvalue weighted by atomic mass is 16.6. The van der Waals surface area contributed by atoms with E-state index in [9.17, 15) is 10.1 Å². The van der Waals surface area contributed by atoms with Crippen LogP contribution in [0.5, 0.6) is 0 Å². The summed E-state index contributed by atoms with van der Waals surface area (Å²) in [5.41, 5.74) is 1.22. The predicted octanol–water partition coefficient (Wildman–Crippen LogP) is 3.74. The van der Waals surface area contributed by atoms with Gasteiger partial charge in [-0.25, -0.2) is 0 Å². The Morgan fingerprint density at radius 1 is 1.43 bits per heavy atom. The summed E-state index contributed by atoms with van der Waals surface area (Å²) in [6.07, 6.45) is 6.26. The Morgan fingerprint density at radius 3 is 2.86 bits per heavy atom. The number of nitro benzene ring substituents is 1. The van der Waals surface area contributed by atoms with Crippen molar-refractivity contribution in [3.05, 3.63) is 34.4 Å². The van der Waals surface area contributed by atoms with Crippen LogP contribution in [0.25, 0.3) is 0 Å². The van der Waals surface area contributed by atoms with E-state index >= 15 is 0 Å². The Kier molecular flexibility index (Phi) is 3.85. The predicted molar refractivity (Wildman–Crippen MR) is 81.4 cm³/mol. The summed E-state index contributed by atoms with van der Waals surface area (Å²) in [5, 5.41) is 14.4. The third-order valence-corrected chi connectivity index (χ3v) is 5.09. The molecule has 2 aliphatic rings. The number of non-ortho nitro benzene ring substituents is 1. The molecule has 0 bridgehead atoms. The van der Waals surface area contributed by atoms with Gasteiger partial charge in [0.05, 0.1) is 11.0 Å². The lowest BCUT2D eigenvalue weighted by atomic mass is 9.60. The fourth-order valence-electron chi connectivity index (χ4n) is 4.00. The summed E-state index contributed by atoms with van der Waals surface area (Å²) in [5.74, 6) is 0. The molecule has 0 aliphatic heterocycles. The van der Waals surface area contributed by atoms with E-state index in [1.54, 1.807) is 12.1 Å². The molecule has 2 fully saturated rings. The Hall–Kier alpha value is -1.62. The van der Waals surface area contributed by atoms with Gasteiger partial charge in [-0.05, 0) is 32.3 Å². The lowest BCUT2D eigenvalue weighted by Crippen LogP contribution is -2.60. The van der Waals surface area contributed by atoms with Gasteiger partial charge in [0, 0.05) is 35.9 Å². The van der Waals surface area contributed by atoms with E-state index in [0.29, 0.717) is 12.1 Å². The van der Waals surface area contributed by atoms with Gasteiger partial charge in [-0.1, -0.05) is 18.9 Å². The third-order valence-electron chi connectivity index (χ3n) is 5.09. The molecular weight excluding hydrogens is 268 g/mol. The quantitative estimate of drug-likeness (QED) is 0.662. The summed E-state index contributed by atoms with van der Waals surface area (Å²) in [4.78, 5) is 10.5. The number of anilines is 1. The Bertz CT molecular complexity index is 526. The maximum absolute atomic E-state index is 10.9. The van der Waals surface area contributed by atoms with E-state index in [4.69, 9.17) is 4.74 Å². The molecule has 1 aromatic rings. The normalized spacial score (nSPS) is 26.5. The number of hydrogen-bond donors (Lipinski definition) is 1. The molecule has 2 unspecified atom stereocenters. The van der Waals surface area contributed by atoms with E-state index < -0.39 is 0 Å².